The Kier molecular flexibility index (Phi) is 4.91. The maximum Gasteiger partial charge on any atom is 0.266 e. The zero-order valence-corrected chi connectivity index (χ0v) is 15.2. The van der Waals surface area contributed by atoms with Crippen molar-refractivity contribution >= 4 is 39.1 Å². The zero-order valence-electron chi connectivity index (χ0n) is 14.4. The van der Waals surface area contributed by atoms with Crippen molar-refractivity contribution in [3.63, 3.8) is 0 Å². The van der Waals surface area contributed by atoms with E-state index in [9.17, 15) is 9.59 Å². The number of hydrogen-bond donors (Lipinski definition) is 2. The molecule has 3 heterocycles. The van der Waals surface area contributed by atoms with Gasteiger partial charge in [-0.15, -0.1) is 11.3 Å². The van der Waals surface area contributed by atoms with Gasteiger partial charge in [-0.2, -0.15) is 0 Å². The number of nitrogens with two attached hydrogens (primary N) is 2. The molecular weight excluding hydrogens is 340 g/mol. The maximum absolute atomic E-state index is 12.9. The minimum Gasteiger partial charge on any atom is -0.397 e. The topological polar surface area (TPSA) is 112 Å². The van der Waals surface area contributed by atoms with E-state index in [0.717, 1.165) is 21.5 Å². The van der Waals surface area contributed by atoms with Crippen molar-refractivity contribution < 1.29 is 14.3 Å². The number of amides is 2. The summed E-state index contributed by atoms with van der Waals surface area (Å²) in [6.07, 6.45) is 1.19. The van der Waals surface area contributed by atoms with Gasteiger partial charge in [0.05, 0.1) is 12.3 Å². The summed E-state index contributed by atoms with van der Waals surface area (Å²) in [7, 11) is 1.62. The first kappa shape index (κ1) is 17.6. The number of pyridine rings is 1. The van der Waals surface area contributed by atoms with Crippen molar-refractivity contribution in [2.45, 2.75) is 26.4 Å². The summed E-state index contributed by atoms with van der Waals surface area (Å²) in [6.45, 7) is 3.35. The van der Waals surface area contributed by atoms with Crippen molar-refractivity contribution in [1.82, 2.24) is 9.88 Å². The molecule has 7 nitrogen and oxygen atoms in total. The molecule has 0 spiro atoms. The van der Waals surface area contributed by atoms with Crippen LogP contribution in [0.1, 0.15) is 33.8 Å². The summed E-state index contributed by atoms with van der Waals surface area (Å²) in [5, 5.41) is 0.799. The molecule has 0 aromatic carbocycles. The van der Waals surface area contributed by atoms with Gasteiger partial charge in [0.2, 0.25) is 5.91 Å². The first-order valence-corrected chi connectivity index (χ1v) is 9.00. The minimum absolute atomic E-state index is 0.107. The second-order valence-electron chi connectivity index (χ2n) is 6.35. The Bertz CT molecular complexity index is 825. The highest BCUT2D eigenvalue weighted by Gasteiger charge is 2.29. The molecule has 134 valence electrons. The SMILES string of the molecule is COCc1cc(C)nc2sc(C(=O)N3CCC(C(N)=O)CC3)c(N)c12. The van der Waals surface area contributed by atoms with E-state index < -0.39 is 0 Å². The number of carbonyl (C=O) groups excluding carboxylic acids is 2. The number of nitrogens with zero attached hydrogens (tertiary/aromatic N) is 2. The predicted octanol–water partition coefficient (Wildman–Crippen LogP) is 1.67. The Balaban J connectivity index is 1.91. The van der Waals surface area contributed by atoms with Gasteiger partial charge < -0.3 is 21.1 Å². The molecule has 0 saturated carbocycles. The van der Waals surface area contributed by atoms with Crippen molar-refractivity contribution in [2.24, 2.45) is 11.7 Å². The van der Waals surface area contributed by atoms with Crippen LogP contribution >= 0.6 is 11.3 Å². The summed E-state index contributed by atoms with van der Waals surface area (Å²) in [6, 6.07) is 1.93. The van der Waals surface area contributed by atoms with E-state index in [1.807, 2.05) is 13.0 Å². The van der Waals surface area contributed by atoms with Gasteiger partial charge in [-0.1, -0.05) is 0 Å². The number of primary amides is 1. The largest absolute Gasteiger partial charge is 0.397 e. The number of fused-ring (bicyclic) bond motifs is 1. The molecule has 1 aliphatic heterocycles. The lowest BCUT2D eigenvalue weighted by molar-refractivity contribution is -0.123. The lowest BCUT2D eigenvalue weighted by Crippen LogP contribution is -2.41. The summed E-state index contributed by atoms with van der Waals surface area (Å²) in [5.74, 6) is -0.553. The smallest absolute Gasteiger partial charge is 0.266 e. The van der Waals surface area contributed by atoms with Gasteiger partial charge in [0.1, 0.15) is 9.71 Å². The number of likely N-dealkylation sites (tertiary alicyclic amines) is 1. The molecule has 8 heteroatoms. The quantitative estimate of drug-likeness (QED) is 0.859. The van der Waals surface area contributed by atoms with Crippen LogP contribution in [0.4, 0.5) is 5.69 Å². The number of aryl methyl sites for hydroxylation is 1. The molecule has 4 N–H and O–H groups in total. The van der Waals surface area contributed by atoms with Crippen LogP contribution in [0.5, 0.6) is 0 Å². The van der Waals surface area contributed by atoms with Gasteiger partial charge >= 0.3 is 0 Å². The van der Waals surface area contributed by atoms with Crippen LogP contribution < -0.4 is 11.5 Å². The Morgan fingerprint density at radius 1 is 1.40 bits per heavy atom. The van der Waals surface area contributed by atoms with Crippen molar-refractivity contribution in [3.8, 4) is 0 Å². The molecule has 0 bridgehead atoms. The first-order valence-electron chi connectivity index (χ1n) is 8.18. The number of rotatable bonds is 4. The second-order valence-corrected chi connectivity index (χ2v) is 7.35. The number of thiophene rings is 1. The summed E-state index contributed by atoms with van der Waals surface area (Å²) >= 11 is 1.31. The van der Waals surface area contributed by atoms with Crippen LogP contribution in [-0.2, 0) is 16.1 Å². The standard InChI is InChI=1S/C17H22N4O3S/c1-9-7-11(8-24-2)12-13(18)14(25-16(12)20-9)17(23)21-5-3-10(4-6-21)15(19)22/h7,10H,3-6,8,18H2,1-2H3,(H2,19,22). The van der Waals surface area contributed by atoms with E-state index in [2.05, 4.69) is 4.98 Å². The van der Waals surface area contributed by atoms with Gasteiger partial charge in [0.25, 0.3) is 5.91 Å². The van der Waals surface area contributed by atoms with Crippen LogP contribution in [0.25, 0.3) is 10.2 Å². The number of anilines is 1. The summed E-state index contributed by atoms with van der Waals surface area (Å²) in [5.41, 5.74) is 13.9. The van der Waals surface area contributed by atoms with Crippen LogP contribution in [-0.4, -0.2) is 41.9 Å². The number of aromatic nitrogens is 1. The molecule has 2 amide bonds. The van der Waals surface area contributed by atoms with E-state index in [0.29, 0.717) is 43.1 Å². The lowest BCUT2D eigenvalue weighted by Gasteiger charge is -2.30. The Hall–Kier alpha value is -2.19. The maximum atomic E-state index is 12.9. The van der Waals surface area contributed by atoms with Crippen LogP contribution in [0.3, 0.4) is 0 Å². The molecule has 0 unspecified atom stereocenters. The van der Waals surface area contributed by atoms with Gasteiger partial charge in [0.15, 0.2) is 0 Å². The zero-order chi connectivity index (χ0) is 18.1. The fourth-order valence-electron chi connectivity index (χ4n) is 3.28. The molecule has 0 atom stereocenters. The van der Waals surface area contributed by atoms with Crippen LogP contribution in [0, 0.1) is 12.8 Å². The molecule has 1 aliphatic rings. The number of piperidine rings is 1. The van der Waals surface area contributed by atoms with Crippen LogP contribution in [0.2, 0.25) is 0 Å². The third kappa shape index (κ3) is 3.32. The molecule has 0 radical (unpaired) electrons. The monoisotopic (exact) mass is 362 g/mol. The third-order valence-electron chi connectivity index (χ3n) is 4.59. The summed E-state index contributed by atoms with van der Waals surface area (Å²) in [4.78, 5) is 31.7. The molecule has 1 fully saturated rings. The molecule has 25 heavy (non-hydrogen) atoms. The van der Waals surface area contributed by atoms with Gasteiger partial charge in [0, 0.05) is 37.2 Å². The number of carbonyl (C=O) groups is 2. The molecule has 2 aromatic heterocycles. The first-order chi connectivity index (χ1) is 11.9. The van der Waals surface area contributed by atoms with Crippen molar-refractivity contribution in [1.29, 1.82) is 0 Å². The van der Waals surface area contributed by atoms with Gasteiger partial charge in [-0.25, -0.2) is 4.98 Å². The number of hydrogen-bond acceptors (Lipinski definition) is 6. The molecule has 3 rings (SSSR count). The van der Waals surface area contributed by atoms with E-state index in [4.69, 9.17) is 16.2 Å². The van der Waals surface area contributed by atoms with Crippen molar-refractivity contribution in [3.05, 3.63) is 22.2 Å². The number of nitrogen functional groups attached to an aromatic ring is 1. The molecular formula is C17H22N4O3S. The van der Waals surface area contributed by atoms with E-state index >= 15 is 0 Å². The molecule has 2 aromatic rings. The lowest BCUT2D eigenvalue weighted by atomic mass is 9.96. The van der Waals surface area contributed by atoms with Gasteiger partial charge in [-0.05, 0) is 31.4 Å². The molecule has 1 saturated heterocycles. The second kappa shape index (κ2) is 6.97. The average Bonchev–Trinajstić information content (AvgIpc) is 2.91. The number of ether oxygens (including phenoxy) is 1. The Morgan fingerprint density at radius 2 is 2.08 bits per heavy atom. The van der Waals surface area contributed by atoms with Crippen LogP contribution in [0.15, 0.2) is 6.07 Å². The highest BCUT2D eigenvalue weighted by molar-refractivity contribution is 7.21. The predicted molar refractivity (Wildman–Crippen MR) is 97.3 cm³/mol. The fourth-order valence-corrected chi connectivity index (χ4v) is 4.43. The average molecular weight is 362 g/mol. The fraction of sp³-hybridized carbons (Fsp3) is 0.471. The van der Waals surface area contributed by atoms with E-state index in [1.165, 1.54) is 11.3 Å². The van der Waals surface area contributed by atoms with E-state index in [-0.39, 0.29) is 17.7 Å². The molecule has 0 aliphatic carbocycles. The Labute approximate surface area is 149 Å². The third-order valence-corrected chi connectivity index (χ3v) is 5.67. The normalized spacial score (nSPS) is 15.7. The Morgan fingerprint density at radius 3 is 2.68 bits per heavy atom. The highest BCUT2D eigenvalue weighted by Crippen LogP contribution is 2.36. The van der Waals surface area contributed by atoms with Gasteiger partial charge in [-0.3, -0.25) is 9.59 Å². The summed E-state index contributed by atoms with van der Waals surface area (Å²) < 4.78 is 5.25. The van der Waals surface area contributed by atoms with Crippen molar-refractivity contribution in [2.75, 3.05) is 25.9 Å². The van der Waals surface area contributed by atoms with E-state index in [1.54, 1.807) is 12.0 Å². The minimum atomic E-state index is -0.294. The highest BCUT2D eigenvalue weighted by atomic mass is 32.1. The number of methoxy groups -OCH3 is 1.